The molecule has 10 nitrogen and oxygen atoms in total. The number of fused-ring (bicyclic) bond motifs is 8. The minimum absolute atomic E-state index is 0. The Morgan fingerprint density at radius 3 is 2.47 bits per heavy atom. The van der Waals surface area contributed by atoms with Crippen molar-refractivity contribution in [2.75, 3.05) is 13.7 Å². The first-order chi connectivity index (χ1) is 27.2. The molecule has 6 atom stereocenters. The Labute approximate surface area is 360 Å². The molecule has 5 heterocycles. The molecule has 1 aliphatic carbocycles. The Morgan fingerprint density at radius 1 is 1.05 bits per heavy atom. The molecule has 2 aromatic rings. The smallest absolute Gasteiger partial charge is 0.681 e. The Bertz CT molecular complexity index is 2220. The maximum Gasteiger partial charge on any atom is 2.00 e. The van der Waals surface area contributed by atoms with Crippen LogP contribution in [0.3, 0.4) is 0 Å². The minimum Gasteiger partial charge on any atom is -0.681 e. The number of allylic oxidation sites excluding steroid dienone is 3. The van der Waals surface area contributed by atoms with Crippen LogP contribution >= 0.6 is 0 Å². The van der Waals surface area contributed by atoms with E-state index < -0.39 is 29.4 Å². The maximum atomic E-state index is 14.4. The standard InChI is InChI=1S/C47H59N5O5.Mg/c1-11-15-25(4)16-14-17-26(5)20-21-57-39(53)19-18-33-29(8)36-22-34-27(6)31(12-2)37(49-34)23-35-28(7)32(13-3)38(50-35)24-47(48)30(9)40-44(52-47)41(43(33)51-36)42(45(40)54)46(55)56-10;/h12,20,22-25,29,33,42-43H,2,11,13-19,21,48H2,1,3-10H3;/q-4;+2/b26-20+,35-23-,36-22-,38-24-;/t25-,29+,33+,42-,43?,47+;/m1./s1. The number of ketones is 1. The van der Waals surface area contributed by atoms with Crippen molar-refractivity contribution in [3.8, 4) is 0 Å². The van der Waals surface area contributed by atoms with Gasteiger partial charge in [0, 0.05) is 12.0 Å². The third kappa shape index (κ3) is 8.50. The third-order valence-corrected chi connectivity index (χ3v) is 12.7. The fraction of sp³-hybridized carbons (Fsp3) is 0.511. The van der Waals surface area contributed by atoms with Gasteiger partial charge in [-0.05, 0) is 88.4 Å². The average Bonchev–Trinajstić information content (AvgIpc) is 3.89. The molecule has 4 aliphatic rings. The Balaban J connectivity index is 0.00000641. The summed E-state index contributed by atoms with van der Waals surface area (Å²) in [5.74, 6) is -2.36. The molecule has 1 saturated heterocycles. The van der Waals surface area contributed by atoms with Crippen LogP contribution in [0.2, 0.25) is 0 Å². The molecule has 0 aromatic carbocycles. The Kier molecular flexibility index (Phi) is 14.3. The fourth-order valence-electron chi connectivity index (χ4n) is 9.21. The van der Waals surface area contributed by atoms with Crippen LogP contribution in [-0.4, -0.2) is 66.2 Å². The number of hydrogen-bond acceptors (Lipinski definition) is 6. The molecule has 0 spiro atoms. The third-order valence-electron chi connectivity index (χ3n) is 12.7. The SMILES string of the molecule is C=Cc1c2[n-]c(c1C)/C=C1\[N-]C(C3=C4[N-][C@@](N)(/C=c5\[n-]/c(c(C)c5CC)=C\2)C(C)=C4C(=O)[C@@H]3C(=O)OC)[C@@H](CCC(=O)OC/C=C(\C)CCC[C@H](C)CCC)[C@@H]1C.[Mg+2]. The van der Waals surface area contributed by atoms with Gasteiger partial charge in [-0.1, -0.05) is 117 Å². The van der Waals surface area contributed by atoms with Gasteiger partial charge < -0.3 is 35.8 Å². The van der Waals surface area contributed by atoms with Gasteiger partial charge in [-0.15, -0.1) is 27.8 Å². The summed E-state index contributed by atoms with van der Waals surface area (Å²) in [7, 11) is 1.28. The van der Waals surface area contributed by atoms with Gasteiger partial charge in [-0.2, -0.15) is 5.70 Å². The summed E-state index contributed by atoms with van der Waals surface area (Å²) in [6.07, 6.45) is 16.6. The van der Waals surface area contributed by atoms with E-state index in [1.165, 1.54) is 31.9 Å². The van der Waals surface area contributed by atoms with E-state index in [4.69, 9.17) is 35.8 Å². The molecule has 11 heteroatoms. The zero-order valence-electron chi connectivity index (χ0n) is 36.0. The molecule has 0 saturated carbocycles. The molecule has 2 aromatic heterocycles. The van der Waals surface area contributed by atoms with Crippen molar-refractivity contribution in [3.05, 3.63) is 101 Å². The first kappa shape index (κ1) is 45.0. The molecule has 6 rings (SSSR count). The van der Waals surface area contributed by atoms with E-state index >= 15 is 0 Å². The summed E-state index contributed by atoms with van der Waals surface area (Å²) in [5.41, 5.74) is 14.8. The van der Waals surface area contributed by atoms with Gasteiger partial charge in [0.25, 0.3) is 0 Å². The monoisotopic (exact) mass is 797 g/mol. The van der Waals surface area contributed by atoms with Crippen molar-refractivity contribution in [2.24, 2.45) is 29.4 Å². The van der Waals surface area contributed by atoms with Crippen LogP contribution in [0.1, 0.15) is 120 Å². The molecule has 58 heavy (non-hydrogen) atoms. The van der Waals surface area contributed by atoms with E-state index in [0.717, 1.165) is 63.4 Å². The molecule has 1 unspecified atom stereocenters. The number of Topliss-reactive ketones (excluding diaryl/α,β-unsaturated/α-hetero) is 1. The maximum absolute atomic E-state index is 14.4. The topological polar surface area (TPSA) is 152 Å². The van der Waals surface area contributed by atoms with Gasteiger partial charge in [0.2, 0.25) is 0 Å². The van der Waals surface area contributed by atoms with Gasteiger partial charge in [0.1, 0.15) is 12.5 Å². The second-order valence-corrected chi connectivity index (χ2v) is 16.5. The van der Waals surface area contributed by atoms with E-state index in [-0.39, 0.29) is 53.9 Å². The molecule has 2 N–H and O–H groups in total. The summed E-state index contributed by atoms with van der Waals surface area (Å²) in [6.45, 7) is 20.9. The molecule has 8 bridgehead atoms. The van der Waals surface area contributed by atoms with Gasteiger partial charge in [-0.25, -0.2) is 0 Å². The first-order valence-corrected chi connectivity index (χ1v) is 20.7. The number of rotatable bonds is 14. The minimum atomic E-state index is -1.39. The van der Waals surface area contributed by atoms with E-state index in [9.17, 15) is 14.4 Å². The number of esters is 2. The number of nitrogens with zero attached hydrogens (tertiary/aromatic N) is 4. The summed E-state index contributed by atoms with van der Waals surface area (Å²) in [5, 5.41) is 11.8. The molecule has 0 radical (unpaired) electrons. The molecule has 306 valence electrons. The number of hydrogen-bond donors (Lipinski definition) is 1. The number of ether oxygens (including phenoxy) is 2. The second kappa shape index (κ2) is 18.5. The zero-order valence-corrected chi connectivity index (χ0v) is 37.4. The van der Waals surface area contributed by atoms with Crippen LogP contribution in [0.15, 0.2) is 46.3 Å². The van der Waals surface area contributed by atoms with Crippen LogP contribution < -0.4 is 26.4 Å². The van der Waals surface area contributed by atoms with E-state index in [2.05, 4.69) is 41.2 Å². The first-order valence-electron chi connectivity index (χ1n) is 20.7. The van der Waals surface area contributed by atoms with Gasteiger partial charge in [0.05, 0.1) is 7.11 Å². The molecule has 1 fully saturated rings. The van der Waals surface area contributed by atoms with Gasteiger partial charge in [0.15, 0.2) is 5.78 Å². The number of methoxy groups -OCH3 is 1. The van der Waals surface area contributed by atoms with Crippen LogP contribution in [-0.2, 0) is 30.3 Å². The summed E-state index contributed by atoms with van der Waals surface area (Å²) in [4.78, 5) is 51.4. The van der Waals surface area contributed by atoms with E-state index in [1.807, 2.05) is 44.2 Å². The number of carbonyl (C=O) groups excluding carboxylic acids is 3. The average molecular weight is 798 g/mol. The summed E-state index contributed by atoms with van der Waals surface area (Å²) in [6, 6.07) is -0.666. The van der Waals surface area contributed by atoms with Crippen LogP contribution in [0.5, 0.6) is 0 Å². The van der Waals surface area contributed by atoms with Crippen LogP contribution in [0, 0.1) is 37.5 Å². The molecular formula is C47H59MgN5O5-2. The zero-order chi connectivity index (χ0) is 41.3. The largest absolute Gasteiger partial charge is 2.00 e. The van der Waals surface area contributed by atoms with Crippen molar-refractivity contribution in [1.82, 2.24) is 9.97 Å². The number of aromatic nitrogens is 2. The van der Waals surface area contributed by atoms with Crippen molar-refractivity contribution in [1.29, 1.82) is 0 Å². The molecule has 3 aliphatic heterocycles. The predicted octanol–water partition coefficient (Wildman–Crippen LogP) is 6.88. The number of nitrogens with two attached hydrogens (primary N) is 1. The van der Waals surface area contributed by atoms with Crippen LogP contribution in [0.25, 0.3) is 34.9 Å². The Hall–Kier alpha value is -4.06. The van der Waals surface area contributed by atoms with Crippen molar-refractivity contribution in [2.45, 2.75) is 118 Å². The Morgan fingerprint density at radius 2 is 1.79 bits per heavy atom. The van der Waals surface area contributed by atoms with Crippen molar-refractivity contribution in [3.63, 3.8) is 0 Å². The van der Waals surface area contributed by atoms with Gasteiger partial charge >= 0.3 is 35.0 Å². The van der Waals surface area contributed by atoms with E-state index in [1.54, 1.807) is 6.92 Å². The van der Waals surface area contributed by atoms with Crippen LogP contribution in [0.4, 0.5) is 0 Å². The summed E-state index contributed by atoms with van der Waals surface area (Å²) >= 11 is 0. The van der Waals surface area contributed by atoms with E-state index in [0.29, 0.717) is 40.6 Å². The van der Waals surface area contributed by atoms with Crippen molar-refractivity contribution < 1.29 is 23.9 Å². The normalized spacial score (nSPS) is 26.1. The van der Waals surface area contributed by atoms with Crippen molar-refractivity contribution >= 4 is 65.1 Å². The second-order valence-electron chi connectivity index (χ2n) is 16.5. The molecular weight excluding hydrogens is 739 g/mol. The summed E-state index contributed by atoms with van der Waals surface area (Å²) < 4.78 is 11.0. The number of carbonyl (C=O) groups is 3. The molecule has 0 amide bonds. The fourth-order valence-corrected chi connectivity index (χ4v) is 9.21. The predicted molar refractivity (Wildman–Crippen MR) is 232 cm³/mol. The van der Waals surface area contributed by atoms with Gasteiger partial charge in [-0.3, -0.25) is 14.4 Å². The quantitative estimate of drug-likeness (QED) is 0.0941.